The molecular weight excluding hydrogens is 590 g/mol. The number of methoxy groups -OCH3 is 1. The van der Waals surface area contributed by atoms with Crippen molar-refractivity contribution in [2.45, 2.75) is 13.5 Å². The van der Waals surface area contributed by atoms with Crippen molar-refractivity contribution in [3.63, 3.8) is 0 Å². The molecule has 1 aliphatic heterocycles. The van der Waals surface area contributed by atoms with Crippen molar-refractivity contribution in [3.8, 4) is 11.5 Å². The molecule has 0 saturated carbocycles. The van der Waals surface area contributed by atoms with E-state index in [1.807, 2.05) is 66.7 Å². The first-order chi connectivity index (χ1) is 19.5. The zero-order valence-corrected chi connectivity index (χ0v) is 24.3. The van der Waals surface area contributed by atoms with Crippen molar-refractivity contribution < 1.29 is 24.1 Å². The summed E-state index contributed by atoms with van der Waals surface area (Å²) >= 11 is 4.83. The van der Waals surface area contributed by atoms with Gasteiger partial charge in [-0.1, -0.05) is 88.4 Å². The minimum absolute atomic E-state index is 0.0417. The highest BCUT2D eigenvalue weighted by molar-refractivity contribution is 9.10. The fraction of sp³-hybridized carbons (Fsp3) is 0.125. The lowest BCUT2D eigenvalue weighted by atomic mass is 10.1. The van der Waals surface area contributed by atoms with Crippen LogP contribution in [0.4, 0.5) is 5.69 Å². The summed E-state index contributed by atoms with van der Waals surface area (Å²) in [4.78, 5) is 17.8. The molecule has 4 aromatic rings. The van der Waals surface area contributed by atoms with Gasteiger partial charge in [0.2, 0.25) is 0 Å². The fourth-order valence-corrected chi connectivity index (χ4v) is 5.72. The Hall–Kier alpha value is -4.01. The Morgan fingerprint density at radius 1 is 1.00 bits per heavy atom. The molecule has 0 atom stereocenters. The van der Waals surface area contributed by atoms with E-state index in [0.29, 0.717) is 33.7 Å². The van der Waals surface area contributed by atoms with Crippen LogP contribution in [0.2, 0.25) is 0 Å². The van der Waals surface area contributed by atoms with Crippen LogP contribution in [-0.2, 0) is 16.1 Å². The van der Waals surface area contributed by atoms with Crippen molar-refractivity contribution in [1.29, 1.82) is 0 Å². The van der Waals surface area contributed by atoms with E-state index in [0.717, 1.165) is 26.4 Å². The van der Waals surface area contributed by atoms with Crippen molar-refractivity contribution in [3.05, 3.63) is 117 Å². The van der Waals surface area contributed by atoms with E-state index in [-0.39, 0.29) is 17.9 Å². The molecule has 0 amide bonds. The summed E-state index contributed by atoms with van der Waals surface area (Å²) in [6.45, 7) is 2.27. The van der Waals surface area contributed by atoms with Crippen LogP contribution in [0.3, 0.4) is 0 Å². The minimum atomic E-state index is -0.626. The van der Waals surface area contributed by atoms with Crippen LogP contribution < -0.4 is 9.47 Å². The number of thioether (sulfide) groups is 1. The van der Waals surface area contributed by atoms with Crippen LogP contribution in [0.15, 0.2) is 111 Å². The summed E-state index contributed by atoms with van der Waals surface area (Å²) in [6.07, 6.45) is 1.77. The summed E-state index contributed by atoms with van der Waals surface area (Å²) in [5.41, 5.74) is 2.50. The zero-order valence-electron chi connectivity index (χ0n) is 21.9. The van der Waals surface area contributed by atoms with Gasteiger partial charge in [-0.05, 0) is 59.2 Å². The Labute approximate surface area is 245 Å². The van der Waals surface area contributed by atoms with Crippen LogP contribution in [0.5, 0.6) is 11.5 Å². The highest BCUT2D eigenvalue weighted by Gasteiger charge is 2.33. The first-order valence-electron chi connectivity index (χ1n) is 12.6. The van der Waals surface area contributed by atoms with E-state index in [4.69, 9.17) is 14.2 Å². The van der Waals surface area contributed by atoms with Crippen molar-refractivity contribution in [2.24, 2.45) is 4.99 Å². The van der Waals surface area contributed by atoms with E-state index < -0.39 is 5.97 Å². The third-order valence-electron chi connectivity index (χ3n) is 6.19. The first kappa shape index (κ1) is 27.6. The van der Waals surface area contributed by atoms with E-state index in [1.54, 1.807) is 20.1 Å². The number of benzene rings is 4. The maximum atomic E-state index is 12.7. The van der Waals surface area contributed by atoms with E-state index >= 15 is 0 Å². The molecule has 0 bridgehead atoms. The second kappa shape index (κ2) is 12.4. The summed E-state index contributed by atoms with van der Waals surface area (Å²) in [5.74, 6) is 0.298. The van der Waals surface area contributed by atoms with Gasteiger partial charge in [0.1, 0.15) is 23.0 Å². The van der Waals surface area contributed by atoms with Crippen molar-refractivity contribution >= 4 is 61.2 Å². The molecule has 0 aliphatic carbocycles. The lowest BCUT2D eigenvalue weighted by Gasteiger charge is -2.14. The third-order valence-corrected chi connectivity index (χ3v) is 7.90. The predicted octanol–water partition coefficient (Wildman–Crippen LogP) is 8.38. The summed E-state index contributed by atoms with van der Waals surface area (Å²) < 4.78 is 17.8. The number of carbonyl (C=O) groups is 1. The van der Waals surface area contributed by atoms with Gasteiger partial charge in [0, 0.05) is 4.47 Å². The van der Waals surface area contributed by atoms with Crippen LogP contribution in [0, 0.1) is 0 Å². The standard InChI is InChI=1S/C32H26BrNO5S/c1-3-38-32(36)29-30(35)28(40-31(29)34-23-13-5-4-6-14-23)17-22-16-26(37-2)27(18-25(22)33)39-19-21-12-9-11-20-10-7-8-15-24(20)21/h4-18,35H,3,19H2,1-2H3/b28-17-,34-31?. The second-order valence-electron chi connectivity index (χ2n) is 8.76. The Morgan fingerprint density at radius 3 is 2.52 bits per heavy atom. The van der Waals surface area contributed by atoms with Crippen LogP contribution in [-0.4, -0.2) is 29.8 Å². The van der Waals surface area contributed by atoms with Crippen molar-refractivity contribution in [2.75, 3.05) is 13.7 Å². The Kier molecular flexibility index (Phi) is 8.57. The van der Waals surface area contributed by atoms with Gasteiger partial charge in [-0.3, -0.25) is 0 Å². The Balaban J connectivity index is 1.46. The largest absolute Gasteiger partial charge is 0.506 e. The molecular formula is C32H26BrNO5S. The van der Waals surface area contributed by atoms with Gasteiger partial charge in [-0.25, -0.2) is 9.79 Å². The van der Waals surface area contributed by atoms with Gasteiger partial charge >= 0.3 is 5.97 Å². The summed E-state index contributed by atoms with van der Waals surface area (Å²) in [7, 11) is 1.58. The predicted molar refractivity (Wildman–Crippen MR) is 164 cm³/mol. The number of halogens is 1. The number of rotatable bonds is 8. The molecule has 8 heteroatoms. The van der Waals surface area contributed by atoms with Crippen LogP contribution in [0.1, 0.15) is 18.1 Å². The number of aliphatic hydroxyl groups is 1. The highest BCUT2D eigenvalue weighted by atomic mass is 79.9. The van der Waals surface area contributed by atoms with Gasteiger partial charge in [-0.15, -0.1) is 0 Å². The molecule has 0 saturated heterocycles. The molecule has 6 nitrogen and oxygen atoms in total. The number of hydrogen-bond donors (Lipinski definition) is 1. The molecule has 202 valence electrons. The van der Waals surface area contributed by atoms with Gasteiger partial charge in [0.15, 0.2) is 11.5 Å². The minimum Gasteiger partial charge on any atom is -0.506 e. The number of nitrogens with zero attached hydrogens (tertiary/aromatic N) is 1. The smallest absolute Gasteiger partial charge is 0.344 e. The van der Waals surface area contributed by atoms with Gasteiger partial charge in [0.05, 0.1) is 24.3 Å². The number of aliphatic hydroxyl groups excluding tert-OH is 1. The van der Waals surface area contributed by atoms with Crippen LogP contribution in [0.25, 0.3) is 16.8 Å². The van der Waals surface area contributed by atoms with E-state index in [9.17, 15) is 9.90 Å². The Bertz CT molecular complexity index is 1660. The molecule has 0 radical (unpaired) electrons. The Morgan fingerprint density at radius 2 is 1.75 bits per heavy atom. The van der Waals surface area contributed by atoms with Gasteiger partial charge < -0.3 is 19.3 Å². The molecule has 1 heterocycles. The molecule has 1 N–H and O–H groups in total. The molecule has 0 unspecified atom stereocenters. The lowest BCUT2D eigenvalue weighted by Crippen LogP contribution is -2.12. The third kappa shape index (κ3) is 5.93. The summed E-state index contributed by atoms with van der Waals surface area (Å²) in [6, 6.07) is 27.2. The first-order valence-corrected chi connectivity index (χ1v) is 14.2. The summed E-state index contributed by atoms with van der Waals surface area (Å²) in [5, 5.41) is 13.7. The van der Waals surface area contributed by atoms with Gasteiger partial charge in [-0.2, -0.15) is 0 Å². The van der Waals surface area contributed by atoms with E-state index in [2.05, 4.69) is 39.1 Å². The normalized spacial score (nSPS) is 15.2. The SMILES string of the molecule is CCOC(=O)C1=C(O)/C(=C/c2cc(OC)c(OCc3cccc4ccccc34)cc2Br)SC1=Nc1ccccc1. The quantitative estimate of drug-likeness (QED) is 0.201. The second-order valence-corrected chi connectivity index (χ2v) is 10.6. The maximum absolute atomic E-state index is 12.7. The molecule has 5 rings (SSSR count). The van der Waals surface area contributed by atoms with E-state index in [1.165, 1.54) is 11.8 Å². The maximum Gasteiger partial charge on any atom is 0.344 e. The molecule has 0 spiro atoms. The molecule has 4 aromatic carbocycles. The topological polar surface area (TPSA) is 77.4 Å². The highest BCUT2D eigenvalue weighted by Crippen LogP contribution is 2.42. The lowest BCUT2D eigenvalue weighted by molar-refractivity contribution is -0.138. The number of carbonyl (C=O) groups excluding carboxylic acids is 1. The van der Waals surface area contributed by atoms with Crippen LogP contribution >= 0.6 is 27.7 Å². The molecule has 1 aliphatic rings. The monoisotopic (exact) mass is 615 g/mol. The number of aliphatic imine (C=N–C) groups is 1. The fourth-order valence-electron chi connectivity index (χ4n) is 4.26. The number of para-hydroxylation sites is 1. The number of hydrogen-bond acceptors (Lipinski definition) is 7. The molecule has 0 fully saturated rings. The number of ether oxygens (including phenoxy) is 3. The van der Waals surface area contributed by atoms with Gasteiger partial charge in [0.25, 0.3) is 0 Å². The average Bonchev–Trinajstić information content (AvgIpc) is 3.27. The zero-order chi connectivity index (χ0) is 28.1. The van der Waals surface area contributed by atoms with Crippen molar-refractivity contribution in [1.82, 2.24) is 0 Å². The number of fused-ring (bicyclic) bond motifs is 1. The molecule has 40 heavy (non-hydrogen) atoms. The average molecular weight is 617 g/mol. The number of esters is 1. The molecule has 0 aromatic heterocycles.